The summed E-state index contributed by atoms with van der Waals surface area (Å²) in [6.45, 7) is 4.68. The Hall–Kier alpha value is -2.75. The lowest BCUT2D eigenvalue weighted by atomic mass is 10.1. The lowest BCUT2D eigenvalue weighted by molar-refractivity contribution is -0.149. The monoisotopic (exact) mass is 456 g/mol. The molecule has 3 fully saturated rings. The van der Waals surface area contributed by atoms with Crippen molar-refractivity contribution >= 4 is 40.0 Å². The lowest BCUT2D eigenvalue weighted by Crippen LogP contribution is -2.51. The highest BCUT2D eigenvalue weighted by atomic mass is 35.5. The third-order valence-corrected chi connectivity index (χ3v) is 6.64. The highest BCUT2D eigenvalue weighted by Gasteiger charge is 2.38. The third-order valence-electron chi connectivity index (χ3n) is 6.29. The number of rotatable bonds is 5. The number of hydrogen-bond donors (Lipinski definition) is 2. The molecule has 0 unspecified atom stereocenters. The Morgan fingerprint density at radius 1 is 1.28 bits per heavy atom. The fourth-order valence-corrected chi connectivity index (χ4v) is 4.77. The maximum atomic E-state index is 15.1. The summed E-state index contributed by atoms with van der Waals surface area (Å²) in [7, 11) is 0. The topological polar surface area (TPSA) is 84.4 Å². The Kier molecular flexibility index (Phi) is 4.60. The molecular weight excluding hydrogens is 435 g/mol. The average Bonchev–Trinajstić information content (AvgIpc) is 3.41. The van der Waals surface area contributed by atoms with E-state index < -0.39 is 11.4 Å². The van der Waals surface area contributed by atoms with Gasteiger partial charge in [0.15, 0.2) is 17.2 Å². The van der Waals surface area contributed by atoms with Gasteiger partial charge in [0.2, 0.25) is 0 Å². The summed E-state index contributed by atoms with van der Waals surface area (Å²) in [5, 5.41) is 6.45. The van der Waals surface area contributed by atoms with E-state index in [9.17, 15) is 0 Å². The van der Waals surface area contributed by atoms with Crippen LogP contribution in [0.25, 0.3) is 11.0 Å². The molecule has 2 aromatic heterocycles. The van der Waals surface area contributed by atoms with Crippen molar-refractivity contribution in [3.05, 3.63) is 41.4 Å². The van der Waals surface area contributed by atoms with Gasteiger partial charge < -0.3 is 25.0 Å². The second kappa shape index (κ2) is 7.40. The van der Waals surface area contributed by atoms with Crippen LogP contribution in [0.4, 0.5) is 21.7 Å². The number of ether oxygens (including phenoxy) is 2. The average molecular weight is 457 g/mol. The van der Waals surface area contributed by atoms with Crippen molar-refractivity contribution < 1.29 is 13.9 Å². The first-order valence-corrected chi connectivity index (χ1v) is 11.0. The van der Waals surface area contributed by atoms with E-state index in [0.717, 1.165) is 25.3 Å². The molecule has 0 aliphatic carbocycles. The van der Waals surface area contributed by atoms with Gasteiger partial charge in [-0.05, 0) is 37.6 Å². The van der Waals surface area contributed by atoms with E-state index in [1.807, 2.05) is 19.1 Å². The molecule has 6 rings (SSSR count). The highest BCUT2D eigenvalue weighted by molar-refractivity contribution is 6.32. The van der Waals surface area contributed by atoms with Crippen molar-refractivity contribution in [1.29, 1.82) is 0 Å². The number of pyridine rings is 1. The van der Waals surface area contributed by atoms with Gasteiger partial charge in [0.05, 0.1) is 24.4 Å². The molecule has 8 nitrogen and oxygen atoms in total. The molecular formula is C22H22ClFN6O2. The molecule has 2 N–H and O–H groups in total. The molecule has 10 heteroatoms. The number of nitrogens with zero attached hydrogens (tertiary/aromatic N) is 4. The molecule has 0 spiro atoms. The Balaban J connectivity index is 1.31. The molecule has 3 saturated heterocycles. The van der Waals surface area contributed by atoms with Crippen molar-refractivity contribution in [2.45, 2.75) is 31.0 Å². The Bertz CT molecular complexity index is 1210. The van der Waals surface area contributed by atoms with Gasteiger partial charge in [-0.3, -0.25) is 0 Å². The minimum absolute atomic E-state index is 0.0873. The SMILES string of the molecule is CC1(Oc2ccc(Nc3ncnc4ccc(N5C[C@@H]6C[C@H]5CN6)nc34)c(F)c2Cl)COC1. The molecule has 1 aromatic carbocycles. The Morgan fingerprint density at radius 3 is 2.88 bits per heavy atom. The predicted molar refractivity (Wildman–Crippen MR) is 119 cm³/mol. The first-order chi connectivity index (χ1) is 15.5. The van der Waals surface area contributed by atoms with E-state index in [1.54, 1.807) is 12.1 Å². The zero-order valence-corrected chi connectivity index (χ0v) is 18.2. The normalized spacial score (nSPS) is 23.4. The molecule has 0 amide bonds. The standard InChI is InChI=1S/C22H22ClFN6O2/c1-22(9-31-10-22)32-16-4-2-14(19(24)18(16)23)28-21-20-15(26-11-27-21)3-5-17(29-20)30-8-12-6-13(30)7-25-12/h2-5,11-13,25H,6-10H2,1H3,(H,26,27,28)/t12-,13-/m0/s1. The predicted octanol–water partition coefficient (Wildman–Crippen LogP) is 3.28. The van der Waals surface area contributed by atoms with Crippen LogP contribution in [0.3, 0.4) is 0 Å². The second-order valence-electron chi connectivity index (χ2n) is 8.82. The third kappa shape index (κ3) is 3.32. The van der Waals surface area contributed by atoms with Gasteiger partial charge in [0.25, 0.3) is 0 Å². The van der Waals surface area contributed by atoms with Gasteiger partial charge in [-0.1, -0.05) is 11.6 Å². The van der Waals surface area contributed by atoms with Gasteiger partial charge in [0.1, 0.15) is 28.4 Å². The van der Waals surface area contributed by atoms with Crippen LogP contribution in [0.1, 0.15) is 13.3 Å². The first-order valence-electron chi connectivity index (χ1n) is 10.6. The zero-order valence-electron chi connectivity index (χ0n) is 17.4. The van der Waals surface area contributed by atoms with E-state index in [-0.39, 0.29) is 16.5 Å². The van der Waals surface area contributed by atoms with Gasteiger partial charge >= 0.3 is 0 Å². The lowest BCUT2D eigenvalue weighted by Gasteiger charge is -2.38. The molecule has 0 radical (unpaired) electrons. The molecule has 32 heavy (non-hydrogen) atoms. The first kappa shape index (κ1) is 19.9. The molecule has 5 heterocycles. The van der Waals surface area contributed by atoms with Crippen molar-refractivity contribution in [2.24, 2.45) is 0 Å². The number of hydrogen-bond acceptors (Lipinski definition) is 8. The van der Waals surface area contributed by atoms with Gasteiger partial charge in [-0.2, -0.15) is 0 Å². The minimum Gasteiger partial charge on any atom is -0.481 e. The molecule has 166 valence electrons. The summed E-state index contributed by atoms with van der Waals surface area (Å²) in [6.07, 6.45) is 2.56. The number of anilines is 3. The number of fused-ring (bicyclic) bond motifs is 3. The fraction of sp³-hybridized carbons (Fsp3) is 0.409. The number of benzene rings is 1. The van der Waals surface area contributed by atoms with E-state index in [2.05, 4.69) is 25.5 Å². The fourth-order valence-electron chi connectivity index (χ4n) is 4.57. The maximum absolute atomic E-state index is 15.1. The van der Waals surface area contributed by atoms with Crippen molar-refractivity contribution in [1.82, 2.24) is 20.3 Å². The van der Waals surface area contributed by atoms with E-state index in [1.165, 1.54) is 6.33 Å². The highest BCUT2D eigenvalue weighted by Crippen LogP contribution is 2.37. The summed E-state index contributed by atoms with van der Waals surface area (Å²) in [5.41, 5.74) is 0.960. The molecule has 2 atom stereocenters. The summed E-state index contributed by atoms with van der Waals surface area (Å²) in [4.78, 5) is 15.8. The largest absolute Gasteiger partial charge is 0.481 e. The van der Waals surface area contributed by atoms with Crippen LogP contribution in [0.5, 0.6) is 5.75 Å². The van der Waals surface area contributed by atoms with Crippen LogP contribution in [0, 0.1) is 5.82 Å². The maximum Gasteiger partial charge on any atom is 0.169 e. The van der Waals surface area contributed by atoms with E-state index in [4.69, 9.17) is 26.1 Å². The number of halogens is 2. The van der Waals surface area contributed by atoms with Gasteiger partial charge in [-0.15, -0.1) is 0 Å². The number of aromatic nitrogens is 3. The van der Waals surface area contributed by atoms with Crippen LogP contribution < -0.4 is 20.3 Å². The van der Waals surface area contributed by atoms with Crippen LogP contribution in [0.2, 0.25) is 5.02 Å². The zero-order chi connectivity index (χ0) is 21.9. The van der Waals surface area contributed by atoms with Gasteiger partial charge in [-0.25, -0.2) is 19.3 Å². The molecule has 3 aromatic rings. The molecule has 3 aliphatic heterocycles. The Morgan fingerprint density at radius 2 is 2.16 bits per heavy atom. The van der Waals surface area contributed by atoms with Crippen LogP contribution >= 0.6 is 11.6 Å². The summed E-state index contributed by atoms with van der Waals surface area (Å²) in [5.74, 6) is 0.968. The quantitative estimate of drug-likeness (QED) is 0.605. The summed E-state index contributed by atoms with van der Waals surface area (Å²) >= 11 is 6.28. The Labute approximate surface area is 189 Å². The second-order valence-corrected chi connectivity index (χ2v) is 9.19. The van der Waals surface area contributed by atoms with Crippen LogP contribution in [-0.2, 0) is 4.74 Å². The smallest absolute Gasteiger partial charge is 0.169 e. The molecule has 3 aliphatic rings. The van der Waals surface area contributed by atoms with E-state index in [0.29, 0.717) is 42.1 Å². The molecule has 2 bridgehead atoms. The minimum atomic E-state index is -0.612. The molecule has 0 saturated carbocycles. The van der Waals surface area contributed by atoms with Crippen LogP contribution in [-0.4, -0.2) is 58.9 Å². The van der Waals surface area contributed by atoms with Crippen LogP contribution in [0.15, 0.2) is 30.6 Å². The van der Waals surface area contributed by atoms with Crippen molar-refractivity contribution in [3.8, 4) is 5.75 Å². The van der Waals surface area contributed by atoms with E-state index >= 15 is 4.39 Å². The van der Waals surface area contributed by atoms with Crippen molar-refractivity contribution in [2.75, 3.05) is 36.5 Å². The summed E-state index contributed by atoms with van der Waals surface area (Å²) in [6, 6.07) is 8.08. The number of nitrogens with one attached hydrogen (secondary N) is 2. The summed E-state index contributed by atoms with van der Waals surface area (Å²) < 4.78 is 26.1. The van der Waals surface area contributed by atoms with Gasteiger partial charge in [0, 0.05) is 25.2 Å². The van der Waals surface area contributed by atoms with Crippen molar-refractivity contribution in [3.63, 3.8) is 0 Å². The number of piperazine rings is 1.